The van der Waals surface area contributed by atoms with Crippen LogP contribution < -0.4 is 5.32 Å². The maximum atomic E-state index is 13.5. The van der Waals surface area contributed by atoms with E-state index in [0.29, 0.717) is 17.5 Å². The van der Waals surface area contributed by atoms with Gasteiger partial charge in [-0.25, -0.2) is 9.86 Å². The zero-order valence-corrected chi connectivity index (χ0v) is 22.7. The number of aryl methyl sites for hydroxylation is 1. The van der Waals surface area contributed by atoms with Crippen LogP contribution in [0.4, 0.5) is 5.69 Å². The summed E-state index contributed by atoms with van der Waals surface area (Å²) >= 11 is 12.0. The number of nitro benzene ring substituents is 1. The second-order valence-corrected chi connectivity index (χ2v) is 9.51. The molecule has 2 aromatic rings. The molecule has 2 aromatic carbocycles. The first-order valence-corrected chi connectivity index (χ1v) is 12.9. The Hall–Kier alpha value is -4.00. The molecule has 0 saturated carbocycles. The van der Waals surface area contributed by atoms with Gasteiger partial charge in [-0.3, -0.25) is 29.3 Å². The Balaban J connectivity index is 1.82. The van der Waals surface area contributed by atoms with Gasteiger partial charge in [0, 0.05) is 18.0 Å². The molecular formula is C26H26Cl2N4O8. The van der Waals surface area contributed by atoms with Gasteiger partial charge < -0.3 is 15.3 Å². The van der Waals surface area contributed by atoms with Crippen LogP contribution in [-0.4, -0.2) is 67.7 Å². The van der Waals surface area contributed by atoms with Crippen LogP contribution in [0.5, 0.6) is 0 Å². The number of carboxylic acid groups (broad SMARTS) is 1. The number of benzene rings is 2. The number of nitro groups is 1. The lowest BCUT2D eigenvalue weighted by atomic mass is 9.98. The lowest BCUT2D eigenvalue weighted by Gasteiger charge is -2.47. The van der Waals surface area contributed by atoms with E-state index in [2.05, 4.69) is 11.9 Å². The van der Waals surface area contributed by atoms with Crippen LogP contribution in [-0.2, 0) is 37.0 Å². The van der Waals surface area contributed by atoms with Crippen molar-refractivity contribution in [2.24, 2.45) is 0 Å². The maximum absolute atomic E-state index is 13.5. The first kappa shape index (κ1) is 30.5. The van der Waals surface area contributed by atoms with Crippen molar-refractivity contribution in [3.8, 4) is 0 Å². The zero-order valence-electron chi connectivity index (χ0n) is 21.2. The third-order valence-electron chi connectivity index (χ3n) is 6.27. The standard InChI is InChI=1S/C26H26Cl2N4O8/c1-3-16-4-8-18(9-5-16)22(30(14-33)40-13-17-6-10-19(11-7-17)32(38)39)24(34)29-20-23(28)31(25(20)35)21(26(36)37)15(2)12-27/h4-11,14,20-23H,2-3,12-13H2,1H3,(H,29,34)(H,36,37). The summed E-state index contributed by atoms with van der Waals surface area (Å²) in [4.78, 5) is 66.9. The molecule has 12 nitrogen and oxygen atoms in total. The molecule has 0 radical (unpaired) electrons. The minimum absolute atomic E-state index is 0.0404. The summed E-state index contributed by atoms with van der Waals surface area (Å²) < 4.78 is 0. The summed E-state index contributed by atoms with van der Waals surface area (Å²) in [5.41, 5.74) is 0.503. The summed E-state index contributed by atoms with van der Waals surface area (Å²) in [7, 11) is 0. The predicted octanol–water partition coefficient (Wildman–Crippen LogP) is 2.93. The van der Waals surface area contributed by atoms with Crippen LogP contribution in [0, 0.1) is 10.1 Å². The Morgan fingerprint density at radius 1 is 1.23 bits per heavy atom. The van der Waals surface area contributed by atoms with Crippen molar-refractivity contribution in [3.63, 3.8) is 0 Å². The topological polar surface area (TPSA) is 159 Å². The van der Waals surface area contributed by atoms with Gasteiger partial charge in [0.2, 0.25) is 6.41 Å². The zero-order chi connectivity index (χ0) is 29.6. The highest BCUT2D eigenvalue weighted by atomic mass is 35.5. The van der Waals surface area contributed by atoms with E-state index in [1.165, 1.54) is 24.3 Å². The molecule has 0 aliphatic carbocycles. The number of alkyl halides is 2. The van der Waals surface area contributed by atoms with Crippen molar-refractivity contribution in [1.29, 1.82) is 0 Å². The summed E-state index contributed by atoms with van der Waals surface area (Å²) in [6.07, 6.45) is 1.02. The first-order valence-electron chi connectivity index (χ1n) is 12.0. The van der Waals surface area contributed by atoms with E-state index in [1.54, 1.807) is 24.3 Å². The van der Waals surface area contributed by atoms with Crippen molar-refractivity contribution < 1.29 is 34.0 Å². The molecule has 0 aromatic heterocycles. The van der Waals surface area contributed by atoms with Crippen molar-refractivity contribution in [1.82, 2.24) is 15.3 Å². The molecule has 3 rings (SSSR count). The van der Waals surface area contributed by atoms with E-state index in [1.807, 2.05) is 6.92 Å². The molecule has 2 N–H and O–H groups in total. The molecule has 1 aliphatic rings. The number of halogens is 2. The van der Waals surface area contributed by atoms with Crippen LogP contribution in [0.25, 0.3) is 0 Å². The summed E-state index contributed by atoms with van der Waals surface area (Å²) in [6.45, 7) is 5.32. The minimum atomic E-state index is -1.48. The molecule has 0 bridgehead atoms. The minimum Gasteiger partial charge on any atom is -0.479 e. The monoisotopic (exact) mass is 592 g/mol. The number of non-ortho nitro benzene ring substituents is 1. The van der Waals surface area contributed by atoms with Crippen LogP contribution >= 0.6 is 23.2 Å². The van der Waals surface area contributed by atoms with Crippen LogP contribution in [0.3, 0.4) is 0 Å². The quantitative estimate of drug-likeness (QED) is 0.0644. The Morgan fingerprint density at radius 3 is 2.30 bits per heavy atom. The fourth-order valence-electron chi connectivity index (χ4n) is 4.05. The van der Waals surface area contributed by atoms with Crippen LogP contribution in [0.1, 0.15) is 29.7 Å². The van der Waals surface area contributed by atoms with Gasteiger partial charge in [-0.1, -0.05) is 49.4 Å². The fourth-order valence-corrected chi connectivity index (χ4v) is 4.58. The molecule has 1 fully saturated rings. The van der Waals surface area contributed by atoms with E-state index in [9.17, 15) is 34.4 Å². The number of hydrogen-bond acceptors (Lipinski definition) is 7. The summed E-state index contributed by atoms with van der Waals surface area (Å²) in [5, 5.41) is 23.7. The number of carboxylic acids is 1. The molecule has 1 heterocycles. The van der Waals surface area contributed by atoms with Gasteiger partial charge in [0.25, 0.3) is 17.5 Å². The lowest BCUT2D eigenvalue weighted by molar-refractivity contribution is -0.384. The highest BCUT2D eigenvalue weighted by Crippen LogP contribution is 2.31. The normalized spacial score (nSPS) is 17.8. The fraction of sp³-hybridized carbons (Fsp3) is 0.308. The number of hydroxylamine groups is 2. The van der Waals surface area contributed by atoms with E-state index < -0.39 is 46.3 Å². The summed E-state index contributed by atoms with van der Waals surface area (Å²) in [6, 6.07) is 8.11. The predicted molar refractivity (Wildman–Crippen MR) is 144 cm³/mol. The second-order valence-electron chi connectivity index (χ2n) is 8.80. The largest absolute Gasteiger partial charge is 0.479 e. The average Bonchev–Trinajstić information content (AvgIpc) is 2.96. The van der Waals surface area contributed by atoms with E-state index in [-0.39, 0.29) is 23.7 Å². The number of aliphatic carboxylic acids is 1. The molecule has 1 aliphatic heterocycles. The van der Waals surface area contributed by atoms with Gasteiger partial charge in [0.15, 0.2) is 12.1 Å². The third kappa shape index (κ3) is 6.58. The van der Waals surface area contributed by atoms with Crippen molar-refractivity contribution in [2.45, 2.75) is 43.6 Å². The van der Waals surface area contributed by atoms with Crippen LogP contribution in [0.15, 0.2) is 60.7 Å². The number of rotatable bonds is 14. The Labute approximate surface area is 239 Å². The molecule has 4 unspecified atom stereocenters. The van der Waals surface area contributed by atoms with Crippen molar-refractivity contribution >= 4 is 53.1 Å². The van der Waals surface area contributed by atoms with Gasteiger partial charge in [0.1, 0.15) is 18.1 Å². The van der Waals surface area contributed by atoms with Gasteiger partial charge in [-0.05, 0) is 40.8 Å². The van der Waals surface area contributed by atoms with Gasteiger partial charge in [0.05, 0.1) is 4.92 Å². The molecule has 1 saturated heterocycles. The highest BCUT2D eigenvalue weighted by Gasteiger charge is 2.53. The van der Waals surface area contributed by atoms with Gasteiger partial charge in [-0.15, -0.1) is 11.6 Å². The Morgan fingerprint density at radius 2 is 1.82 bits per heavy atom. The number of hydrogen-bond donors (Lipinski definition) is 2. The Bertz CT molecular complexity index is 1290. The SMILES string of the molecule is C=C(CCl)C(C(=O)O)N1C(=O)C(NC(=O)C(c2ccc(CC)cc2)N(C=O)OCc2ccc([N+](=O)[O-])cc2)C1Cl. The molecule has 4 atom stereocenters. The van der Waals surface area contributed by atoms with Crippen molar-refractivity contribution in [3.05, 3.63) is 87.5 Å². The maximum Gasteiger partial charge on any atom is 0.330 e. The number of nitrogens with zero attached hydrogens (tertiary/aromatic N) is 3. The number of carbonyl (C=O) groups is 4. The molecule has 212 valence electrons. The lowest BCUT2D eigenvalue weighted by Crippen LogP contribution is -2.72. The number of nitrogens with one attached hydrogen (secondary N) is 1. The van der Waals surface area contributed by atoms with E-state index in [4.69, 9.17) is 28.0 Å². The third-order valence-corrected chi connectivity index (χ3v) is 7.07. The Kier molecular flexibility index (Phi) is 10.2. The average molecular weight is 593 g/mol. The summed E-state index contributed by atoms with van der Waals surface area (Å²) in [5.74, 6) is -3.18. The smallest absolute Gasteiger partial charge is 0.330 e. The van der Waals surface area contributed by atoms with E-state index >= 15 is 0 Å². The number of carbonyl (C=O) groups excluding carboxylic acids is 3. The van der Waals surface area contributed by atoms with Gasteiger partial charge in [-0.2, -0.15) is 0 Å². The molecule has 40 heavy (non-hydrogen) atoms. The van der Waals surface area contributed by atoms with Gasteiger partial charge >= 0.3 is 5.97 Å². The molecule has 3 amide bonds. The number of β-lactam (4-membered cyclic amide) rings is 1. The van der Waals surface area contributed by atoms with Crippen LogP contribution in [0.2, 0.25) is 0 Å². The highest BCUT2D eigenvalue weighted by molar-refractivity contribution is 6.27. The second kappa shape index (κ2) is 13.4. The first-order chi connectivity index (χ1) is 19.0. The molecule has 0 spiro atoms. The van der Waals surface area contributed by atoms with Crippen molar-refractivity contribution in [2.75, 3.05) is 5.88 Å². The van der Waals surface area contributed by atoms with E-state index in [0.717, 1.165) is 21.9 Å². The molecular weight excluding hydrogens is 567 g/mol. The number of likely N-dealkylation sites (tertiary alicyclic amines) is 1. The molecule has 14 heteroatoms. The number of amides is 3.